The smallest absolute Gasteiger partial charge is 0.220 e. The third kappa shape index (κ3) is 5.63. The van der Waals surface area contributed by atoms with Gasteiger partial charge in [-0.2, -0.15) is 0 Å². The number of rotatable bonds is 8. The van der Waals surface area contributed by atoms with Crippen molar-refractivity contribution in [3.05, 3.63) is 22.2 Å². The number of benzene rings is 1. The summed E-state index contributed by atoms with van der Waals surface area (Å²) in [5, 5.41) is 12.9. The number of hydrogen-bond donors (Lipinski definition) is 1. The third-order valence-electron chi connectivity index (χ3n) is 2.62. The molecule has 116 valence electrons. The molecule has 6 nitrogen and oxygen atoms in total. The summed E-state index contributed by atoms with van der Waals surface area (Å²) in [6.45, 7) is 2.65. The Labute approximate surface area is 131 Å². The Balaban J connectivity index is 2.69. The molecule has 0 radical (unpaired) electrons. The van der Waals surface area contributed by atoms with Crippen LogP contribution in [0, 0.1) is 0 Å². The van der Waals surface area contributed by atoms with Gasteiger partial charge in [0.2, 0.25) is 5.91 Å². The Morgan fingerprint density at radius 1 is 1.33 bits per heavy atom. The van der Waals surface area contributed by atoms with Gasteiger partial charge in [-0.25, -0.2) is 0 Å². The van der Waals surface area contributed by atoms with E-state index in [1.54, 1.807) is 6.07 Å². The number of carbonyl (C=O) groups excluding carboxylic acids is 2. The van der Waals surface area contributed by atoms with Crippen LogP contribution >= 0.6 is 15.9 Å². The average molecular weight is 359 g/mol. The monoisotopic (exact) mass is 358 g/mol. The van der Waals surface area contributed by atoms with Gasteiger partial charge in [-0.3, -0.25) is 4.79 Å². The van der Waals surface area contributed by atoms with Crippen LogP contribution in [-0.4, -0.2) is 25.6 Å². The van der Waals surface area contributed by atoms with Crippen molar-refractivity contribution >= 4 is 27.8 Å². The fraction of sp³-hybridized carbons (Fsp3) is 0.429. The predicted molar refractivity (Wildman–Crippen MR) is 78.0 cm³/mol. The van der Waals surface area contributed by atoms with Crippen LogP contribution in [0.15, 0.2) is 16.6 Å². The SMILES string of the molecule is CCOc1c(Br)cc(CNC(=O)CCC(=O)[O-])cc1OC. The van der Waals surface area contributed by atoms with E-state index in [1.807, 2.05) is 13.0 Å². The Kier molecular flexibility index (Phi) is 7.01. The number of amides is 1. The lowest BCUT2D eigenvalue weighted by Crippen LogP contribution is -2.27. The molecule has 0 unspecified atom stereocenters. The van der Waals surface area contributed by atoms with Crippen molar-refractivity contribution in [1.82, 2.24) is 5.32 Å². The van der Waals surface area contributed by atoms with Crippen LogP contribution in [0.1, 0.15) is 25.3 Å². The van der Waals surface area contributed by atoms with Crippen LogP contribution in [0.4, 0.5) is 0 Å². The number of carboxylic acids is 1. The maximum Gasteiger partial charge on any atom is 0.220 e. The van der Waals surface area contributed by atoms with Crippen molar-refractivity contribution in [2.24, 2.45) is 0 Å². The number of carboxylic acid groups (broad SMARTS) is 1. The van der Waals surface area contributed by atoms with Crippen molar-refractivity contribution in [3.63, 3.8) is 0 Å². The van der Waals surface area contributed by atoms with Gasteiger partial charge in [-0.15, -0.1) is 0 Å². The first-order chi connectivity index (χ1) is 9.97. The van der Waals surface area contributed by atoms with Gasteiger partial charge in [0.25, 0.3) is 0 Å². The Hall–Kier alpha value is -1.76. The maximum absolute atomic E-state index is 11.5. The molecule has 1 amide bonds. The van der Waals surface area contributed by atoms with Crippen LogP contribution in [0.3, 0.4) is 0 Å². The zero-order valence-electron chi connectivity index (χ0n) is 11.9. The molecule has 0 fully saturated rings. The Bertz CT molecular complexity index is 518. The van der Waals surface area contributed by atoms with Crippen molar-refractivity contribution in [3.8, 4) is 11.5 Å². The van der Waals surface area contributed by atoms with E-state index in [-0.39, 0.29) is 25.3 Å². The lowest BCUT2D eigenvalue weighted by Gasteiger charge is -2.14. The molecular formula is C14H17BrNO5-. The summed E-state index contributed by atoms with van der Waals surface area (Å²) in [4.78, 5) is 21.7. The molecular weight excluding hydrogens is 342 g/mol. The standard InChI is InChI=1S/C14H18BrNO5/c1-3-21-14-10(15)6-9(7-11(14)20-2)8-16-12(17)4-5-13(18)19/h6-7H,3-5,8H2,1-2H3,(H,16,17)(H,18,19)/p-1. The first-order valence-electron chi connectivity index (χ1n) is 6.43. The van der Waals surface area contributed by atoms with Crippen molar-refractivity contribution in [2.45, 2.75) is 26.3 Å². The molecule has 21 heavy (non-hydrogen) atoms. The lowest BCUT2D eigenvalue weighted by molar-refractivity contribution is -0.305. The molecule has 0 aliphatic rings. The van der Waals surface area contributed by atoms with Gasteiger partial charge in [0.05, 0.1) is 18.2 Å². The van der Waals surface area contributed by atoms with E-state index in [9.17, 15) is 14.7 Å². The molecule has 1 aromatic carbocycles. The van der Waals surface area contributed by atoms with Crippen LogP contribution in [-0.2, 0) is 16.1 Å². The molecule has 1 N–H and O–H groups in total. The molecule has 7 heteroatoms. The number of halogens is 1. The number of hydrogen-bond acceptors (Lipinski definition) is 5. The Morgan fingerprint density at radius 3 is 2.62 bits per heavy atom. The molecule has 0 saturated carbocycles. The van der Waals surface area contributed by atoms with E-state index in [1.165, 1.54) is 7.11 Å². The molecule has 1 aromatic rings. The second-order valence-electron chi connectivity index (χ2n) is 4.19. The number of nitrogens with one attached hydrogen (secondary N) is 1. The van der Waals surface area contributed by atoms with Crippen LogP contribution in [0.25, 0.3) is 0 Å². The summed E-state index contributed by atoms with van der Waals surface area (Å²) in [6, 6.07) is 3.57. The topological polar surface area (TPSA) is 87.7 Å². The van der Waals surface area contributed by atoms with Crippen molar-refractivity contribution in [2.75, 3.05) is 13.7 Å². The van der Waals surface area contributed by atoms with Crippen LogP contribution < -0.4 is 19.9 Å². The van der Waals surface area contributed by atoms with Gasteiger partial charge in [-0.1, -0.05) is 0 Å². The summed E-state index contributed by atoms with van der Waals surface area (Å²) < 4.78 is 11.4. The Morgan fingerprint density at radius 2 is 2.05 bits per heavy atom. The molecule has 0 heterocycles. The first-order valence-corrected chi connectivity index (χ1v) is 7.23. The fourth-order valence-electron chi connectivity index (χ4n) is 1.66. The number of methoxy groups -OCH3 is 1. The zero-order valence-corrected chi connectivity index (χ0v) is 13.5. The van der Waals surface area contributed by atoms with Gasteiger partial charge in [-0.05, 0) is 47.0 Å². The largest absolute Gasteiger partial charge is 0.550 e. The number of ether oxygens (including phenoxy) is 2. The summed E-state index contributed by atoms with van der Waals surface area (Å²) in [5.41, 5.74) is 0.809. The van der Waals surface area contributed by atoms with Crippen molar-refractivity contribution < 1.29 is 24.2 Å². The number of aliphatic carboxylic acids is 1. The summed E-state index contributed by atoms with van der Waals surface area (Å²) >= 11 is 3.39. The molecule has 0 atom stereocenters. The summed E-state index contributed by atoms with van der Waals surface area (Å²) in [5.74, 6) is -0.420. The van der Waals surface area contributed by atoms with E-state index in [4.69, 9.17) is 9.47 Å². The lowest BCUT2D eigenvalue weighted by atomic mass is 10.2. The van der Waals surface area contributed by atoms with Gasteiger partial charge >= 0.3 is 0 Å². The molecule has 0 aliphatic heterocycles. The third-order valence-corrected chi connectivity index (χ3v) is 3.21. The summed E-state index contributed by atoms with van der Waals surface area (Å²) in [7, 11) is 1.53. The molecule has 0 spiro atoms. The average Bonchev–Trinajstić information content (AvgIpc) is 2.45. The first kappa shape index (κ1) is 17.3. The van der Waals surface area contributed by atoms with E-state index >= 15 is 0 Å². The van der Waals surface area contributed by atoms with Gasteiger partial charge in [0.15, 0.2) is 11.5 Å². The minimum Gasteiger partial charge on any atom is -0.550 e. The molecule has 1 rings (SSSR count). The van der Waals surface area contributed by atoms with Gasteiger partial charge < -0.3 is 24.7 Å². The predicted octanol–water partition coefficient (Wildman–Crippen LogP) is 1.00. The van der Waals surface area contributed by atoms with Crippen LogP contribution in [0.5, 0.6) is 11.5 Å². The van der Waals surface area contributed by atoms with Crippen LogP contribution in [0.2, 0.25) is 0 Å². The highest BCUT2D eigenvalue weighted by molar-refractivity contribution is 9.10. The second kappa shape index (κ2) is 8.51. The minimum atomic E-state index is -1.24. The molecule has 0 aliphatic carbocycles. The van der Waals surface area contributed by atoms with E-state index in [2.05, 4.69) is 21.2 Å². The maximum atomic E-state index is 11.5. The van der Waals surface area contributed by atoms with E-state index in [0.29, 0.717) is 18.1 Å². The van der Waals surface area contributed by atoms with E-state index in [0.717, 1.165) is 10.0 Å². The molecule has 0 saturated heterocycles. The highest BCUT2D eigenvalue weighted by atomic mass is 79.9. The zero-order chi connectivity index (χ0) is 15.8. The normalized spacial score (nSPS) is 10.0. The molecule has 0 aromatic heterocycles. The minimum absolute atomic E-state index is 0.0995. The summed E-state index contributed by atoms with van der Waals surface area (Å²) in [6.07, 6.45) is -0.389. The van der Waals surface area contributed by atoms with Crippen molar-refractivity contribution in [1.29, 1.82) is 0 Å². The highest BCUT2D eigenvalue weighted by Crippen LogP contribution is 2.36. The second-order valence-corrected chi connectivity index (χ2v) is 5.05. The van der Waals surface area contributed by atoms with Gasteiger partial charge in [0.1, 0.15) is 0 Å². The van der Waals surface area contributed by atoms with E-state index < -0.39 is 5.97 Å². The number of carbonyl (C=O) groups is 2. The quantitative estimate of drug-likeness (QED) is 0.748. The highest BCUT2D eigenvalue weighted by Gasteiger charge is 2.11. The fourth-order valence-corrected chi connectivity index (χ4v) is 2.27. The molecule has 0 bridgehead atoms. The van der Waals surface area contributed by atoms with Gasteiger partial charge in [0, 0.05) is 18.9 Å².